The van der Waals surface area contributed by atoms with Crippen LogP contribution in [0.15, 0.2) is 29.4 Å². The van der Waals surface area contributed by atoms with Crippen molar-refractivity contribution in [1.82, 2.24) is 0 Å². The van der Waals surface area contributed by atoms with Gasteiger partial charge in [-0.1, -0.05) is 17.7 Å². The lowest BCUT2D eigenvalue weighted by Crippen LogP contribution is -2.21. The van der Waals surface area contributed by atoms with E-state index >= 15 is 0 Å². The van der Waals surface area contributed by atoms with Crippen LogP contribution in [0.5, 0.6) is 0 Å². The van der Waals surface area contributed by atoms with E-state index in [0.29, 0.717) is 10.7 Å². The summed E-state index contributed by atoms with van der Waals surface area (Å²) in [6, 6.07) is 8.51. The Balaban J connectivity index is 2.80. The van der Waals surface area contributed by atoms with E-state index < -0.39 is 0 Å². The van der Waals surface area contributed by atoms with Gasteiger partial charge in [0.05, 0.1) is 5.69 Å². The van der Waals surface area contributed by atoms with Crippen LogP contribution in [-0.4, -0.2) is 11.5 Å². The first-order chi connectivity index (χ1) is 7.13. The Morgan fingerprint density at radius 2 is 2.33 bits per heavy atom. The van der Waals surface area contributed by atoms with Crippen LogP contribution in [0.25, 0.3) is 0 Å². The molecule has 0 atom stereocenters. The van der Waals surface area contributed by atoms with E-state index in [-0.39, 0.29) is 11.5 Å². The molecular formula is C9H8ClN5. The second-order valence-corrected chi connectivity index (χ2v) is 3.04. The first-order valence-corrected chi connectivity index (χ1v) is 4.35. The molecule has 0 amide bonds. The number of rotatable bonds is 3. The fourth-order valence-corrected chi connectivity index (χ4v) is 1.01. The molecule has 0 aliphatic carbocycles. The number of nitriles is 1. The molecule has 0 spiro atoms. The Morgan fingerprint density at radius 3 is 2.87 bits per heavy atom. The summed E-state index contributed by atoms with van der Waals surface area (Å²) in [5.41, 5.74) is 8.13. The third-order valence-corrected chi connectivity index (χ3v) is 1.72. The third kappa shape index (κ3) is 3.29. The van der Waals surface area contributed by atoms with Gasteiger partial charge in [-0.15, -0.1) is 0 Å². The van der Waals surface area contributed by atoms with E-state index in [9.17, 15) is 0 Å². The van der Waals surface area contributed by atoms with Gasteiger partial charge in [0.2, 0.25) is 5.71 Å². The predicted octanol–water partition coefficient (Wildman–Crippen LogP) is 1.57. The van der Waals surface area contributed by atoms with Gasteiger partial charge in [-0.2, -0.15) is 10.4 Å². The van der Waals surface area contributed by atoms with E-state index in [1.807, 2.05) is 0 Å². The Labute approximate surface area is 91.7 Å². The molecule has 6 heteroatoms. The molecule has 0 aromatic heterocycles. The number of amidine groups is 1. The van der Waals surface area contributed by atoms with Crippen molar-refractivity contribution in [1.29, 1.82) is 10.7 Å². The molecule has 0 fully saturated rings. The molecular weight excluding hydrogens is 214 g/mol. The maximum atomic E-state index is 8.56. The van der Waals surface area contributed by atoms with Crippen molar-refractivity contribution in [3.8, 4) is 6.07 Å². The molecule has 1 aromatic rings. The van der Waals surface area contributed by atoms with E-state index in [1.165, 1.54) is 0 Å². The van der Waals surface area contributed by atoms with Crippen molar-refractivity contribution in [2.45, 2.75) is 0 Å². The summed E-state index contributed by atoms with van der Waals surface area (Å²) in [5.74, 6) is -0.382. The topological polar surface area (TPSA) is 98.0 Å². The summed E-state index contributed by atoms with van der Waals surface area (Å²) in [5, 5.41) is 19.8. The Bertz CT molecular complexity index is 446. The Kier molecular flexibility index (Phi) is 3.66. The number of benzene rings is 1. The smallest absolute Gasteiger partial charge is 0.201 e. The number of hydrogen-bond acceptors (Lipinski definition) is 4. The maximum Gasteiger partial charge on any atom is 0.201 e. The van der Waals surface area contributed by atoms with Crippen LogP contribution in [-0.2, 0) is 0 Å². The molecule has 4 N–H and O–H groups in total. The summed E-state index contributed by atoms with van der Waals surface area (Å²) in [4.78, 5) is 0. The zero-order valence-corrected chi connectivity index (χ0v) is 8.42. The molecule has 0 aliphatic rings. The van der Waals surface area contributed by atoms with E-state index in [4.69, 9.17) is 28.0 Å². The molecule has 0 unspecified atom stereocenters. The summed E-state index contributed by atoms with van der Waals surface area (Å²) in [7, 11) is 0. The van der Waals surface area contributed by atoms with Crippen molar-refractivity contribution >= 4 is 28.8 Å². The van der Waals surface area contributed by atoms with Gasteiger partial charge in [-0.25, -0.2) is 0 Å². The lowest BCUT2D eigenvalue weighted by molar-refractivity contribution is 1.33. The fourth-order valence-electron chi connectivity index (χ4n) is 0.824. The molecule has 0 bridgehead atoms. The molecule has 5 nitrogen and oxygen atoms in total. The molecule has 0 heterocycles. The largest absolute Gasteiger partial charge is 0.382 e. The van der Waals surface area contributed by atoms with Gasteiger partial charge < -0.3 is 5.73 Å². The molecule has 0 radical (unpaired) electrons. The van der Waals surface area contributed by atoms with Gasteiger partial charge >= 0.3 is 0 Å². The van der Waals surface area contributed by atoms with Gasteiger partial charge in [0.15, 0.2) is 5.84 Å². The summed E-state index contributed by atoms with van der Waals surface area (Å²) < 4.78 is 0. The monoisotopic (exact) mass is 221 g/mol. The van der Waals surface area contributed by atoms with Crippen molar-refractivity contribution < 1.29 is 0 Å². The van der Waals surface area contributed by atoms with Crippen LogP contribution in [0.1, 0.15) is 0 Å². The van der Waals surface area contributed by atoms with Gasteiger partial charge in [0.1, 0.15) is 6.07 Å². The lowest BCUT2D eigenvalue weighted by atomic mass is 10.3. The molecule has 0 saturated heterocycles. The Morgan fingerprint density at radius 1 is 1.60 bits per heavy atom. The molecule has 76 valence electrons. The number of hydrazone groups is 1. The highest BCUT2D eigenvalue weighted by molar-refractivity contribution is 6.45. The minimum absolute atomic E-state index is 0.171. The molecule has 1 rings (SSSR count). The summed E-state index contributed by atoms with van der Waals surface area (Å²) in [6.07, 6.45) is 0. The van der Waals surface area contributed by atoms with Gasteiger partial charge in [-0.3, -0.25) is 10.8 Å². The van der Waals surface area contributed by atoms with Crippen LogP contribution < -0.4 is 11.2 Å². The van der Waals surface area contributed by atoms with Crippen molar-refractivity contribution in [3.05, 3.63) is 29.3 Å². The van der Waals surface area contributed by atoms with Crippen molar-refractivity contribution in [2.24, 2.45) is 10.8 Å². The predicted molar refractivity (Wildman–Crippen MR) is 60.0 cm³/mol. The van der Waals surface area contributed by atoms with Crippen LogP contribution in [0.2, 0.25) is 5.02 Å². The number of halogens is 1. The lowest BCUT2D eigenvalue weighted by Gasteiger charge is -2.00. The summed E-state index contributed by atoms with van der Waals surface area (Å²) in [6.45, 7) is 0. The van der Waals surface area contributed by atoms with Crippen LogP contribution in [0.3, 0.4) is 0 Å². The minimum Gasteiger partial charge on any atom is -0.382 e. The SMILES string of the molecule is N#C/C(=N\Nc1cccc(Cl)c1)C(=N)N. The summed E-state index contributed by atoms with van der Waals surface area (Å²) >= 11 is 5.74. The molecule has 1 aromatic carbocycles. The second kappa shape index (κ2) is 4.98. The Hall–Kier alpha value is -2.06. The first kappa shape index (κ1) is 11.0. The maximum absolute atomic E-state index is 8.56. The quantitative estimate of drug-likeness (QED) is 0.410. The molecule has 0 saturated carbocycles. The third-order valence-electron chi connectivity index (χ3n) is 1.48. The van der Waals surface area contributed by atoms with Crippen molar-refractivity contribution in [3.63, 3.8) is 0 Å². The van der Waals surface area contributed by atoms with E-state index in [1.54, 1.807) is 30.3 Å². The normalized spacial score (nSPS) is 10.5. The van der Waals surface area contributed by atoms with Crippen molar-refractivity contribution in [2.75, 3.05) is 5.43 Å². The molecule has 0 aliphatic heterocycles. The van der Waals surface area contributed by atoms with Gasteiger partial charge in [0.25, 0.3) is 0 Å². The van der Waals surface area contributed by atoms with E-state index in [2.05, 4.69) is 10.5 Å². The minimum atomic E-state index is -0.382. The first-order valence-electron chi connectivity index (χ1n) is 3.97. The highest BCUT2D eigenvalue weighted by Crippen LogP contribution is 2.14. The highest BCUT2D eigenvalue weighted by Gasteiger charge is 2.00. The average Bonchev–Trinajstić information content (AvgIpc) is 2.18. The number of anilines is 1. The van der Waals surface area contributed by atoms with Gasteiger partial charge in [0, 0.05) is 5.02 Å². The zero-order chi connectivity index (χ0) is 11.3. The number of hydrogen-bond donors (Lipinski definition) is 3. The van der Waals surface area contributed by atoms with E-state index in [0.717, 1.165) is 0 Å². The highest BCUT2D eigenvalue weighted by atomic mass is 35.5. The second-order valence-electron chi connectivity index (χ2n) is 2.61. The van der Waals surface area contributed by atoms with Crippen LogP contribution >= 0.6 is 11.6 Å². The molecule has 15 heavy (non-hydrogen) atoms. The number of nitrogens with one attached hydrogen (secondary N) is 2. The average molecular weight is 222 g/mol. The van der Waals surface area contributed by atoms with Crippen LogP contribution in [0.4, 0.5) is 5.69 Å². The standard InChI is InChI=1S/C9H8ClN5/c10-6-2-1-3-7(4-6)14-15-8(5-11)9(12)13/h1-4,14H,(H3,12,13)/b15-8+. The number of nitrogens with zero attached hydrogens (tertiary/aromatic N) is 2. The zero-order valence-electron chi connectivity index (χ0n) is 7.66. The number of nitrogens with two attached hydrogens (primary N) is 1. The van der Waals surface area contributed by atoms with Crippen LogP contribution in [0, 0.1) is 16.7 Å². The fraction of sp³-hybridized carbons (Fsp3) is 0. The van der Waals surface area contributed by atoms with Gasteiger partial charge in [-0.05, 0) is 18.2 Å².